The minimum Gasteiger partial charge on any atom is -0.298 e. The van der Waals surface area contributed by atoms with Crippen LogP contribution in [-0.4, -0.2) is 23.8 Å². The van der Waals surface area contributed by atoms with Crippen molar-refractivity contribution in [2.75, 3.05) is 6.54 Å². The lowest BCUT2D eigenvalue weighted by atomic mass is 9.72. The van der Waals surface area contributed by atoms with Gasteiger partial charge in [-0.1, -0.05) is 27.2 Å². The second kappa shape index (κ2) is 5.98. The van der Waals surface area contributed by atoms with Gasteiger partial charge in [0, 0.05) is 25.1 Å². The number of hydrogen-bond acceptors (Lipinski definition) is 3. The maximum absolute atomic E-state index is 12.3. The first-order valence-electron chi connectivity index (χ1n) is 7.61. The summed E-state index contributed by atoms with van der Waals surface area (Å²) in [5, 5.41) is 0. The standard InChI is InChI=1S/C16H25NO2/c1-4-11-5-6-17-13(7-11)16-14(18)8-12(10(2)3)9-15(16)19/h10-12,16H,4-9H2,1-3H3. The molecule has 0 bridgehead atoms. The van der Waals surface area contributed by atoms with Crippen molar-refractivity contribution in [1.29, 1.82) is 0 Å². The van der Waals surface area contributed by atoms with Crippen LogP contribution in [0.1, 0.15) is 52.9 Å². The Morgan fingerprint density at radius 2 is 1.79 bits per heavy atom. The van der Waals surface area contributed by atoms with Crippen LogP contribution in [-0.2, 0) is 9.59 Å². The molecule has 1 aliphatic heterocycles. The van der Waals surface area contributed by atoms with Crippen molar-refractivity contribution < 1.29 is 9.59 Å². The number of rotatable bonds is 3. The van der Waals surface area contributed by atoms with Gasteiger partial charge in [0.15, 0.2) is 0 Å². The zero-order valence-electron chi connectivity index (χ0n) is 12.3. The number of Topliss-reactive ketones (excluding diaryl/α,β-unsaturated/α-hetero) is 2. The third-order valence-electron chi connectivity index (χ3n) is 4.77. The number of aliphatic imine (C=N–C) groups is 1. The van der Waals surface area contributed by atoms with E-state index < -0.39 is 5.92 Å². The summed E-state index contributed by atoms with van der Waals surface area (Å²) in [5.74, 6) is 0.990. The predicted molar refractivity (Wildman–Crippen MR) is 76.4 cm³/mol. The molecule has 2 rings (SSSR count). The van der Waals surface area contributed by atoms with Gasteiger partial charge in [0.25, 0.3) is 0 Å². The third-order valence-corrected chi connectivity index (χ3v) is 4.77. The van der Waals surface area contributed by atoms with Gasteiger partial charge in [0.05, 0.1) is 0 Å². The van der Waals surface area contributed by atoms with Gasteiger partial charge in [-0.3, -0.25) is 14.6 Å². The summed E-state index contributed by atoms with van der Waals surface area (Å²) in [6.45, 7) is 7.15. The summed E-state index contributed by atoms with van der Waals surface area (Å²) in [7, 11) is 0. The SMILES string of the molecule is CCC1CCN=C(C2C(=O)CC(C(C)C)CC2=O)C1. The molecule has 0 aromatic carbocycles. The highest BCUT2D eigenvalue weighted by atomic mass is 16.2. The largest absolute Gasteiger partial charge is 0.298 e. The first-order chi connectivity index (χ1) is 9.02. The van der Waals surface area contributed by atoms with Crippen LogP contribution in [0.5, 0.6) is 0 Å². The van der Waals surface area contributed by atoms with E-state index in [1.54, 1.807) is 0 Å². The third kappa shape index (κ3) is 3.13. The van der Waals surface area contributed by atoms with E-state index in [-0.39, 0.29) is 17.5 Å². The maximum Gasteiger partial charge on any atom is 0.149 e. The van der Waals surface area contributed by atoms with Crippen LogP contribution in [0, 0.1) is 23.7 Å². The Kier molecular flexibility index (Phi) is 4.54. The monoisotopic (exact) mass is 263 g/mol. The van der Waals surface area contributed by atoms with Crippen molar-refractivity contribution in [2.45, 2.75) is 52.9 Å². The minimum absolute atomic E-state index is 0.116. The number of carbonyl (C=O) groups excluding carboxylic acids is 2. The van der Waals surface area contributed by atoms with Crippen molar-refractivity contribution in [1.82, 2.24) is 0 Å². The van der Waals surface area contributed by atoms with Crippen molar-refractivity contribution >= 4 is 17.3 Å². The second-order valence-corrected chi connectivity index (χ2v) is 6.42. The molecule has 0 N–H and O–H groups in total. The molecule has 1 heterocycles. The molecule has 2 aliphatic rings. The molecule has 1 atom stereocenters. The van der Waals surface area contributed by atoms with E-state index in [1.165, 1.54) is 0 Å². The van der Waals surface area contributed by atoms with Crippen LogP contribution in [0.15, 0.2) is 4.99 Å². The Morgan fingerprint density at radius 1 is 1.16 bits per heavy atom. The summed E-state index contributed by atoms with van der Waals surface area (Å²) in [6.07, 6.45) is 4.19. The molecule has 19 heavy (non-hydrogen) atoms. The predicted octanol–water partition coefficient (Wildman–Crippen LogP) is 3.07. The van der Waals surface area contributed by atoms with Gasteiger partial charge in [-0.2, -0.15) is 0 Å². The summed E-state index contributed by atoms with van der Waals surface area (Å²) in [6, 6.07) is 0. The van der Waals surface area contributed by atoms with E-state index in [2.05, 4.69) is 25.8 Å². The molecule has 106 valence electrons. The average Bonchev–Trinajstić information content (AvgIpc) is 2.38. The van der Waals surface area contributed by atoms with Gasteiger partial charge in [-0.05, 0) is 30.6 Å². The number of hydrogen-bond donors (Lipinski definition) is 0. The van der Waals surface area contributed by atoms with Crippen molar-refractivity contribution in [3.63, 3.8) is 0 Å². The van der Waals surface area contributed by atoms with Crippen LogP contribution < -0.4 is 0 Å². The van der Waals surface area contributed by atoms with Crippen molar-refractivity contribution in [2.24, 2.45) is 28.7 Å². The van der Waals surface area contributed by atoms with Gasteiger partial charge in [-0.25, -0.2) is 0 Å². The van der Waals surface area contributed by atoms with Gasteiger partial charge in [-0.15, -0.1) is 0 Å². The molecule has 0 aromatic rings. The fourth-order valence-electron chi connectivity index (χ4n) is 3.26. The number of carbonyl (C=O) groups is 2. The van der Waals surface area contributed by atoms with Gasteiger partial charge >= 0.3 is 0 Å². The highest BCUT2D eigenvalue weighted by Gasteiger charge is 2.40. The first-order valence-corrected chi connectivity index (χ1v) is 7.61. The minimum atomic E-state index is -0.496. The smallest absolute Gasteiger partial charge is 0.149 e. The number of nitrogens with zero attached hydrogens (tertiary/aromatic N) is 1. The lowest BCUT2D eigenvalue weighted by molar-refractivity contribution is -0.135. The molecule has 3 nitrogen and oxygen atoms in total. The van der Waals surface area contributed by atoms with Crippen LogP contribution in [0.25, 0.3) is 0 Å². The first kappa shape index (κ1) is 14.4. The highest BCUT2D eigenvalue weighted by molar-refractivity contribution is 6.22. The molecule has 0 radical (unpaired) electrons. The molecular formula is C16H25NO2. The molecule has 1 saturated carbocycles. The summed E-state index contributed by atoms with van der Waals surface area (Å²) in [4.78, 5) is 29.1. The van der Waals surface area contributed by atoms with E-state index in [0.29, 0.717) is 24.7 Å². The Labute approximate surface area is 115 Å². The average molecular weight is 263 g/mol. The number of ketones is 2. The van der Waals surface area contributed by atoms with Crippen LogP contribution in [0.2, 0.25) is 0 Å². The molecule has 1 unspecified atom stereocenters. The van der Waals surface area contributed by atoms with Crippen LogP contribution >= 0.6 is 0 Å². The van der Waals surface area contributed by atoms with E-state index in [0.717, 1.165) is 31.5 Å². The van der Waals surface area contributed by atoms with Gasteiger partial charge in [0.1, 0.15) is 17.5 Å². The molecule has 1 aliphatic carbocycles. The lowest BCUT2D eigenvalue weighted by Gasteiger charge is -2.31. The van der Waals surface area contributed by atoms with Crippen molar-refractivity contribution in [3.8, 4) is 0 Å². The molecular weight excluding hydrogens is 238 g/mol. The second-order valence-electron chi connectivity index (χ2n) is 6.42. The van der Waals surface area contributed by atoms with Crippen LogP contribution in [0.4, 0.5) is 0 Å². The highest BCUT2D eigenvalue weighted by Crippen LogP contribution is 2.32. The zero-order valence-corrected chi connectivity index (χ0v) is 12.3. The molecule has 0 aromatic heterocycles. The topological polar surface area (TPSA) is 46.5 Å². The van der Waals surface area contributed by atoms with Crippen molar-refractivity contribution in [3.05, 3.63) is 0 Å². The lowest BCUT2D eigenvalue weighted by Crippen LogP contribution is -2.41. The maximum atomic E-state index is 12.3. The Bertz CT molecular complexity index is 380. The van der Waals surface area contributed by atoms with E-state index in [1.807, 2.05) is 0 Å². The Morgan fingerprint density at radius 3 is 2.32 bits per heavy atom. The zero-order chi connectivity index (χ0) is 14.0. The Balaban J connectivity index is 2.11. The fourth-order valence-corrected chi connectivity index (χ4v) is 3.26. The molecule has 0 amide bonds. The molecule has 0 spiro atoms. The van der Waals surface area contributed by atoms with E-state index >= 15 is 0 Å². The van der Waals surface area contributed by atoms with E-state index in [9.17, 15) is 9.59 Å². The summed E-state index contributed by atoms with van der Waals surface area (Å²) >= 11 is 0. The quantitative estimate of drug-likeness (QED) is 0.735. The normalized spacial score (nSPS) is 32.6. The fraction of sp³-hybridized carbons (Fsp3) is 0.812. The van der Waals surface area contributed by atoms with Crippen LogP contribution in [0.3, 0.4) is 0 Å². The summed E-state index contributed by atoms with van der Waals surface area (Å²) in [5.41, 5.74) is 0.885. The molecule has 1 fully saturated rings. The van der Waals surface area contributed by atoms with Gasteiger partial charge < -0.3 is 0 Å². The summed E-state index contributed by atoms with van der Waals surface area (Å²) < 4.78 is 0. The van der Waals surface area contributed by atoms with Gasteiger partial charge in [0.2, 0.25) is 0 Å². The Hall–Kier alpha value is -0.990. The molecule has 3 heteroatoms. The molecule has 0 saturated heterocycles. The van der Waals surface area contributed by atoms with E-state index in [4.69, 9.17) is 0 Å².